The Labute approximate surface area is 99.0 Å². The molecule has 0 aliphatic carbocycles. The van der Waals surface area contributed by atoms with E-state index in [-0.39, 0.29) is 0 Å². The molecular formula is C9H10F5NO3. The lowest BCUT2D eigenvalue weighted by Gasteiger charge is -2.19. The number of Topliss-reactive ketones (excluding diaryl/α,β-unsaturated/α-hetero) is 1. The van der Waals surface area contributed by atoms with Crippen molar-refractivity contribution < 1.29 is 36.3 Å². The molecule has 104 valence electrons. The van der Waals surface area contributed by atoms with Crippen LogP contribution in [0.4, 0.5) is 22.0 Å². The van der Waals surface area contributed by atoms with E-state index in [9.17, 15) is 31.5 Å². The minimum absolute atomic E-state index is 0.536. The first-order valence-corrected chi connectivity index (χ1v) is 4.41. The van der Waals surface area contributed by atoms with Gasteiger partial charge in [-0.15, -0.1) is 0 Å². The fraction of sp³-hybridized carbons (Fsp3) is 0.556. The summed E-state index contributed by atoms with van der Waals surface area (Å²) < 4.78 is 65.5. The number of halogens is 5. The minimum atomic E-state index is -6.08. The number of ketones is 1. The van der Waals surface area contributed by atoms with Gasteiger partial charge in [-0.05, 0) is 0 Å². The van der Waals surface area contributed by atoms with Crippen LogP contribution >= 0.6 is 0 Å². The number of carbonyl (C=O) groups is 2. The SMILES string of the molecule is COC(=O)/C(=C\N(C)C)C(=O)C(F)(F)C(F)(F)F. The second-order valence-corrected chi connectivity index (χ2v) is 3.40. The van der Waals surface area contributed by atoms with Crippen molar-refractivity contribution in [2.45, 2.75) is 12.1 Å². The molecule has 0 saturated heterocycles. The van der Waals surface area contributed by atoms with Gasteiger partial charge >= 0.3 is 18.1 Å². The van der Waals surface area contributed by atoms with Crippen LogP contribution in [-0.2, 0) is 14.3 Å². The summed E-state index contributed by atoms with van der Waals surface area (Å²) in [5, 5.41) is 0. The Kier molecular flexibility index (Phi) is 4.82. The molecule has 0 fully saturated rings. The Bertz CT molecular complexity index is 373. The van der Waals surface area contributed by atoms with E-state index in [1.807, 2.05) is 0 Å². The number of methoxy groups -OCH3 is 1. The predicted octanol–water partition coefficient (Wildman–Crippen LogP) is 1.37. The molecule has 4 nitrogen and oxygen atoms in total. The average molecular weight is 275 g/mol. The van der Waals surface area contributed by atoms with Crippen LogP contribution in [0.3, 0.4) is 0 Å². The molecule has 0 atom stereocenters. The van der Waals surface area contributed by atoms with Gasteiger partial charge in [0.05, 0.1) is 7.11 Å². The maximum Gasteiger partial charge on any atom is 0.461 e. The van der Waals surface area contributed by atoms with Crippen LogP contribution in [0.25, 0.3) is 0 Å². The van der Waals surface area contributed by atoms with Crippen molar-refractivity contribution in [1.82, 2.24) is 4.90 Å². The number of nitrogens with zero attached hydrogens (tertiary/aromatic N) is 1. The number of ether oxygens (including phenoxy) is 1. The minimum Gasteiger partial charge on any atom is -0.465 e. The molecule has 0 aromatic heterocycles. The van der Waals surface area contributed by atoms with Crippen molar-refractivity contribution in [2.75, 3.05) is 21.2 Å². The molecule has 0 bridgehead atoms. The maximum atomic E-state index is 12.8. The summed E-state index contributed by atoms with van der Waals surface area (Å²) in [6.45, 7) is 0. The van der Waals surface area contributed by atoms with Gasteiger partial charge in [0.1, 0.15) is 5.57 Å². The molecule has 0 unspecified atom stereocenters. The van der Waals surface area contributed by atoms with Crippen molar-refractivity contribution >= 4 is 11.8 Å². The normalized spacial score (nSPS) is 13.2. The van der Waals surface area contributed by atoms with E-state index < -0.39 is 29.4 Å². The van der Waals surface area contributed by atoms with Crippen LogP contribution < -0.4 is 0 Å². The highest BCUT2D eigenvalue weighted by Gasteiger charge is 2.64. The van der Waals surface area contributed by atoms with Crippen molar-refractivity contribution in [1.29, 1.82) is 0 Å². The third-order valence-corrected chi connectivity index (χ3v) is 1.68. The fourth-order valence-electron chi connectivity index (χ4n) is 0.870. The molecule has 18 heavy (non-hydrogen) atoms. The van der Waals surface area contributed by atoms with E-state index in [4.69, 9.17) is 0 Å². The average Bonchev–Trinajstić information content (AvgIpc) is 2.21. The Balaban J connectivity index is 5.56. The van der Waals surface area contributed by atoms with Crippen LogP contribution in [0.15, 0.2) is 11.8 Å². The fourth-order valence-corrected chi connectivity index (χ4v) is 0.870. The van der Waals surface area contributed by atoms with Crippen LogP contribution in [0, 0.1) is 0 Å². The predicted molar refractivity (Wildman–Crippen MR) is 49.8 cm³/mol. The second kappa shape index (κ2) is 5.32. The highest BCUT2D eigenvalue weighted by Crippen LogP contribution is 2.37. The summed E-state index contributed by atoms with van der Waals surface area (Å²) in [4.78, 5) is 23.1. The molecule has 0 rings (SSSR count). The van der Waals surface area contributed by atoms with Gasteiger partial charge in [-0.1, -0.05) is 0 Å². The number of carbonyl (C=O) groups excluding carboxylic acids is 2. The number of alkyl halides is 5. The number of hydrogen-bond acceptors (Lipinski definition) is 4. The second-order valence-electron chi connectivity index (χ2n) is 3.40. The Morgan fingerprint density at radius 3 is 1.83 bits per heavy atom. The molecule has 0 aromatic carbocycles. The van der Waals surface area contributed by atoms with Gasteiger partial charge in [0.15, 0.2) is 0 Å². The zero-order valence-electron chi connectivity index (χ0n) is 9.64. The lowest BCUT2D eigenvalue weighted by Crippen LogP contribution is -2.46. The number of esters is 1. The van der Waals surface area contributed by atoms with Crippen LogP contribution in [0.5, 0.6) is 0 Å². The van der Waals surface area contributed by atoms with Gasteiger partial charge in [0.2, 0.25) is 5.78 Å². The number of hydrogen-bond donors (Lipinski definition) is 0. The number of rotatable bonds is 4. The molecule has 0 heterocycles. The van der Waals surface area contributed by atoms with Crippen LogP contribution in [-0.4, -0.2) is 50.0 Å². The third kappa shape index (κ3) is 3.41. The van der Waals surface area contributed by atoms with E-state index >= 15 is 0 Å². The summed E-state index contributed by atoms with van der Waals surface area (Å²) >= 11 is 0. The van der Waals surface area contributed by atoms with Gasteiger partial charge in [-0.2, -0.15) is 22.0 Å². The van der Waals surface area contributed by atoms with E-state index in [0.29, 0.717) is 6.20 Å². The summed E-state index contributed by atoms with van der Waals surface area (Å²) in [6.07, 6.45) is -5.54. The standard InChI is InChI=1S/C9H10F5NO3/c1-15(2)4-5(7(17)18-3)6(16)8(10,11)9(12,13)14/h4H,1-3H3/b5-4-. The first kappa shape index (κ1) is 16.3. The zero-order chi connectivity index (χ0) is 14.7. The van der Waals surface area contributed by atoms with Crippen molar-refractivity contribution in [2.24, 2.45) is 0 Å². The summed E-state index contributed by atoms with van der Waals surface area (Å²) in [5.41, 5.74) is -1.38. The van der Waals surface area contributed by atoms with Gasteiger partial charge in [-0.25, -0.2) is 4.79 Å². The first-order valence-electron chi connectivity index (χ1n) is 4.41. The van der Waals surface area contributed by atoms with Crippen molar-refractivity contribution in [3.8, 4) is 0 Å². The van der Waals surface area contributed by atoms with Crippen LogP contribution in [0.1, 0.15) is 0 Å². The maximum absolute atomic E-state index is 12.8. The Hall–Kier alpha value is -1.67. The third-order valence-electron chi connectivity index (χ3n) is 1.68. The van der Waals surface area contributed by atoms with Gasteiger partial charge in [0, 0.05) is 20.3 Å². The molecule has 0 spiro atoms. The molecule has 0 radical (unpaired) electrons. The van der Waals surface area contributed by atoms with Crippen LogP contribution in [0.2, 0.25) is 0 Å². The summed E-state index contributed by atoms with van der Waals surface area (Å²) in [6, 6.07) is 0. The quantitative estimate of drug-likeness (QED) is 0.255. The molecule has 0 saturated carbocycles. The lowest BCUT2D eigenvalue weighted by atomic mass is 10.1. The van der Waals surface area contributed by atoms with E-state index in [1.54, 1.807) is 0 Å². The smallest absolute Gasteiger partial charge is 0.461 e. The topological polar surface area (TPSA) is 46.6 Å². The summed E-state index contributed by atoms with van der Waals surface area (Å²) in [7, 11) is 3.23. The molecule has 0 aromatic rings. The first-order chi connectivity index (χ1) is 7.95. The highest BCUT2D eigenvalue weighted by molar-refractivity contribution is 6.20. The monoisotopic (exact) mass is 275 g/mol. The van der Waals surface area contributed by atoms with Gasteiger partial charge in [-0.3, -0.25) is 4.79 Å². The largest absolute Gasteiger partial charge is 0.465 e. The van der Waals surface area contributed by atoms with E-state index in [1.165, 1.54) is 14.1 Å². The molecule has 0 N–H and O–H groups in total. The molecular weight excluding hydrogens is 265 g/mol. The molecule has 9 heteroatoms. The highest BCUT2D eigenvalue weighted by atomic mass is 19.4. The molecule has 0 aliphatic rings. The van der Waals surface area contributed by atoms with Crippen molar-refractivity contribution in [3.63, 3.8) is 0 Å². The lowest BCUT2D eigenvalue weighted by molar-refractivity contribution is -0.266. The zero-order valence-corrected chi connectivity index (χ0v) is 9.64. The van der Waals surface area contributed by atoms with E-state index in [2.05, 4.69) is 4.74 Å². The molecule has 0 amide bonds. The molecule has 0 aliphatic heterocycles. The summed E-state index contributed by atoms with van der Waals surface area (Å²) in [5.74, 6) is -9.88. The van der Waals surface area contributed by atoms with Gasteiger partial charge < -0.3 is 9.64 Å². The Morgan fingerprint density at radius 1 is 1.11 bits per heavy atom. The van der Waals surface area contributed by atoms with E-state index in [0.717, 1.165) is 12.0 Å². The van der Waals surface area contributed by atoms with Gasteiger partial charge in [0.25, 0.3) is 0 Å². The van der Waals surface area contributed by atoms with Crippen molar-refractivity contribution in [3.05, 3.63) is 11.8 Å². The Morgan fingerprint density at radius 2 is 1.56 bits per heavy atom.